The molecule has 112 valence electrons. The van der Waals surface area contributed by atoms with E-state index in [4.69, 9.17) is 5.11 Å². The van der Waals surface area contributed by atoms with Gasteiger partial charge in [-0.1, -0.05) is 51.2 Å². The number of unbranched alkanes of at least 4 members (excludes halogenated alkanes) is 8. The topological polar surface area (TPSA) is 37.3 Å². The van der Waals surface area contributed by atoms with Gasteiger partial charge in [-0.3, -0.25) is 0 Å². The molecule has 2 nitrogen and oxygen atoms in total. The van der Waals surface area contributed by atoms with Crippen LogP contribution in [-0.2, 0) is 4.79 Å². The molecule has 0 bridgehead atoms. The van der Waals surface area contributed by atoms with Gasteiger partial charge in [-0.15, -0.1) is 0 Å². The molecule has 0 aliphatic carbocycles. The second-order valence-corrected chi connectivity index (χ2v) is 5.12. The summed E-state index contributed by atoms with van der Waals surface area (Å²) in [4.78, 5) is 10.2. The Morgan fingerprint density at radius 2 is 1.53 bits per heavy atom. The Kier molecular flexibility index (Phi) is 13.0. The molecule has 1 N–H and O–H groups in total. The second kappa shape index (κ2) is 13.6. The number of hydrogen-bond acceptors (Lipinski definition) is 1. The van der Waals surface area contributed by atoms with Crippen LogP contribution in [0.15, 0.2) is 12.2 Å². The van der Waals surface area contributed by atoms with Gasteiger partial charge in [0.15, 0.2) is 6.17 Å². The Labute approximate surface area is 117 Å². The number of allylic oxidation sites excluding steroid dienone is 2. The molecular formula is C16H29FO2. The second-order valence-electron chi connectivity index (χ2n) is 5.12. The molecule has 3 heteroatoms. The van der Waals surface area contributed by atoms with Crippen LogP contribution in [0, 0.1) is 0 Å². The molecule has 0 aromatic carbocycles. The Hall–Kier alpha value is -0.860. The fraction of sp³-hybridized carbons (Fsp3) is 0.812. The summed E-state index contributed by atoms with van der Waals surface area (Å²) in [5, 5.41) is 8.37. The zero-order valence-corrected chi connectivity index (χ0v) is 12.2. The molecule has 0 saturated carbocycles. The normalized spacial score (nSPS) is 12.9. The highest BCUT2D eigenvalue weighted by atomic mass is 19.1. The number of rotatable bonds is 13. The molecule has 19 heavy (non-hydrogen) atoms. The van der Waals surface area contributed by atoms with E-state index in [9.17, 15) is 9.18 Å². The number of hydrogen-bond donors (Lipinski definition) is 1. The first-order valence-corrected chi connectivity index (χ1v) is 7.70. The van der Waals surface area contributed by atoms with Gasteiger partial charge in [-0.05, 0) is 38.5 Å². The standard InChI is InChI=1S/C16H29FO2/c1-2-3-4-5-6-7-8-9-10-11-12-13-14-15(17)16(18)19/h9-10,15H,2-8,11-14H2,1H3,(H,18,19)/b10-9-. The first-order valence-electron chi connectivity index (χ1n) is 7.70. The highest BCUT2D eigenvalue weighted by Gasteiger charge is 2.13. The first-order chi connectivity index (χ1) is 9.18. The van der Waals surface area contributed by atoms with E-state index in [1.54, 1.807) is 0 Å². The highest BCUT2D eigenvalue weighted by Crippen LogP contribution is 2.09. The highest BCUT2D eigenvalue weighted by molar-refractivity contribution is 5.71. The lowest BCUT2D eigenvalue weighted by atomic mass is 10.1. The van der Waals surface area contributed by atoms with Gasteiger partial charge in [-0.25, -0.2) is 9.18 Å². The van der Waals surface area contributed by atoms with Gasteiger partial charge in [0.1, 0.15) is 0 Å². The molecule has 0 spiro atoms. The Morgan fingerprint density at radius 1 is 1.00 bits per heavy atom. The summed E-state index contributed by atoms with van der Waals surface area (Å²) in [6, 6.07) is 0. The van der Waals surface area contributed by atoms with Gasteiger partial charge >= 0.3 is 5.97 Å². The van der Waals surface area contributed by atoms with E-state index in [0.29, 0.717) is 6.42 Å². The summed E-state index contributed by atoms with van der Waals surface area (Å²) in [5.41, 5.74) is 0. The average Bonchev–Trinajstić information content (AvgIpc) is 2.39. The van der Waals surface area contributed by atoms with Gasteiger partial charge in [0.25, 0.3) is 0 Å². The Balaban J connectivity index is 3.19. The van der Waals surface area contributed by atoms with Crippen LogP contribution < -0.4 is 0 Å². The Morgan fingerprint density at radius 3 is 2.11 bits per heavy atom. The summed E-state index contributed by atoms with van der Waals surface area (Å²) in [6.07, 6.45) is 14.3. The largest absolute Gasteiger partial charge is 0.479 e. The van der Waals surface area contributed by atoms with Crippen molar-refractivity contribution in [3.63, 3.8) is 0 Å². The SMILES string of the molecule is CCCCCCCC/C=C\CCCCC(F)C(=O)O. The maximum absolute atomic E-state index is 12.7. The quantitative estimate of drug-likeness (QED) is 0.366. The van der Waals surface area contributed by atoms with Crippen molar-refractivity contribution < 1.29 is 14.3 Å². The summed E-state index contributed by atoms with van der Waals surface area (Å²) < 4.78 is 12.7. The molecule has 0 aromatic rings. The third-order valence-electron chi connectivity index (χ3n) is 3.24. The molecule has 0 fully saturated rings. The van der Waals surface area contributed by atoms with E-state index in [2.05, 4.69) is 19.1 Å². The summed E-state index contributed by atoms with van der Waals surface area (Å²) in [6.45, 7) is 2.23. The van der Waals surface area contributed by atoms with Crippen molar-refractivity contribution in [3.05, 3.63) is 12.2 Å². The van der Waals surface area contributed by atoms with Crippen molar-refractivity contribution in [1.82, 2.24) is 0 Å². The van der Waals surface area contributed by atoms with Gasteiger partial charge in [0.2, 0.25) is 0 Å². The first kappa shape index (κ1) is 18.1. The zero-order valence-electron chi connectivity index (χ0n) is 12.2. The fourth-order valence-corrected chi connectivity index (χ4v) is 1.99. The Bertz CT molecular complexity index is 239. The minimum absolute atomic E-state index is 0.139. The maximum Gasteiger partial charge on any atom is 0.338 e. The van der Waals surface area contributed by atoms with Crippen LogP contribution in [-0.4, -0.2) is 17.2 Å². The van der Waals surface area contributed by atoms with Crippen LogP contribution in [0.4, 0.5) is 4.39 Å². The predicted octanol–water partition coefficient (Wildman–Crippen LogP) is 5.28. The molecule has 0 amide bonds. The predicted molar refractivity (Wildman–Crippen MR) is 78.1 cm³/mol. The van der Waals surface area contributed by atoms with E-state index < -0.39 is 12.1 Å². The number of aliphatic carboxylic acids is 1. The van der Waals surface area contributed by atoms with Crippen LogP contribution in [0.1, 0.15) is 77.6 Å². The summed E-state index contributed by atoms with van der Waals surface area (Å²) in [5.74, 6) is -1.33. The van der Waals surface area contributed by atoms with Crippen molar-refractivity contribution in [3.8, 4) is 0 Å². The van der Waals surface area contributed by atoms with Gasteiger partial charge in [-0.2, -0.15) is 0 Å². The van der Waals surface area contributed by atoms with E-state index in [0.717, 1.165) is 19.3 Å². The molecule has 0 aliphatic rings. The molecule has 0 radical (unpaired) electrons. The molecule has 0 saturated heterocycles. The van der Waals surface area contributed by atoms with Gasteiger partial charge in [0, 0.05) is 0 Å². The zero-order chi connectivity index (χ0) is 14.3. The fourth-order valence-electron chi connectivity index (χ4n) is 1.99. The van der Waals surface area contributed by atoms with Crippen molar-refractivity contribution in [2.24, 2.45) is 0 Å². The minimum Gasteiger partial charge on any atom is -0.479 e. The molecule has 0 rings (SSSR count). The van der Waals surface area contributed by atoms with E-state index in [-0.39, 0.29) is 6.42 Å². The smallest absolute Gasteiger partial charge is 0.338 e. The van der Waals surface area contributed by atoms with E-state index >= 15 is 0 Å². The third-order valence-corrected chi connectivity index (χ3v) is 3.24. The van der Waals surface area contributed by atoms with Crippen molar-refractivity contribution in [1.29, 1.82) is 0 Å². The lowest BCUT2D eigenvalue weighted by Crippen LogP contribution is -2.13. The van der Waals surface area contributed by atoms with Crippen molar-refractivity contribution in [2.45, 2.75) is 83.7 Å². The number of alkyl halides is 1. The van der Waals surface area contributed by atoms with Crippen LogP contribution in [0.5, 0.6) is 0 Å². The molecule has 1 unspecified atom stereocenters. The lowest BCUT2D eigenvalue weighted by Gasteiger charge is -2.01. The molecule has 0 aliphatic heterocycles. The average molecular weight is 272 g/mol. The monoisotopic (exact) mass is 272 g/mol. The lowest BCUT2D eigenvalue weighted by molar-refractivity contribution is -0.143. The van der Waals surface area contributed by atoms with Crippen LogP contribution in [0.2, 0.25) is 0 Å². The third kappa shape index (κ3) is 13.4. The maximum atomic E-state index is 12.7. The van der Waals surface area contributed by atoms with Crippen LogP contribution in [0.25, 0.3) is 0 Å². The summed E-state index contributed by atoms with van der Waals surface area (Å²) >= 11 is 0. The summed E-state index contributed by atoms with van der Waals surface area (Å²) in [7, 11) is 0. The molecule has 1 atom stereocenters. The number of carboxylic acids is 1. The molecular weight excluding hydrogens is 243 g/mol. The molecule has 0 heterocycles. The van der Waals surface area contributed by atoms with Crippen molar-refractivity contribution >= 4 is 5.97 Å². The molecule has 0 aromatic heterocycles. The number of halogens is 1. The van der Waals surface area contributed by atoms with Crippen LogP contribution in [0.3, 0.4) is 0 Å². The van der Waals surface area contributed by atoms with Gasteiger partial charge < -0.3 is 5.11 Å². The van der Waals surface area contributed by atoms with Gasteiger partial charge in [0.05, 0.1) is 0 Å². The number of carbonyl (C=O) groups is 1. The minimum atomic E-state index is -1.69. The van der Waals surface area contributed by atoms with E-state index in [1.807, 2.05) is 0 Å². The van der Waals surface area contributed by atoms with E-state index in [1.165, 1.54) is 38.5 Å². The van der Waals surface area contributed by atoms with Crippen LogP contribution >= 0.6 is 0 Å². The number of carboxylic acid groups (broad SMARTS) is 1. The van der Waals surface area contributed by atoms with Crippen molar-refractivity contribution in [2.75, 3.05) is 0 Å².